The van der Waals surface area contributed by atoms with Crippen molar-refractivity contribution in [2.75, 3.05) is 19.0 Å². The minimum atomic E-state index is -0.196. The van der Waals surface area contributed by atoms with E-state index in [1.54, 1.807) is 23.1 Å². The van der Waals surface area contributed by atoms with Crippen molar-refractivity contribution >= 4 is 34.1 Å². The van der Waals surface area contributed by atoms with Gasteiger partial charge in [0.05, 0.1) is 6.42 Å². The van der Waals surface area contributed by atoms with Crippen LogP contribution in [-0.4, -0.2) is 30.2 Å². The number of nitrogens with one attached hydrogen (secondary N) is 1. The smallest absolute Gasteiger partial charge is 0.238 e. The molecular weight excluding hydrogens is 306 g/mol. The number of anilines is 1. The van der Waals surface area contributed by atoms with Gasteiger partial charge in [-0.15, -0.1) is 10.2 Å². The van der Waals surface area contributed by atoms with E-state index in [9.17, 15) is 4.79 Å². The molecule has 0 bridgehead atoms. The molecule has 0 unspecified atom stereocenters. The molecule has 1 aromatic carbocycles. The van der Waals surface area contributed by atoms with Crippen molar-refractivity contribution in [3.05, 3.63) is 35.4 Å². The van der Waals surface area contributed by atoms with Crippen LogP contribution in [0.25, 0.3) is 0 Å². The van der Waals surface area contributed by atoms with Crippen molar-refractivity contribution in [3.8, 4) is 0 Å². The fourth-order valence-electron chi connectivity index (χ4n) is 1.68. The maximum Gasteiger partial charge on any atom is 0.238 e. The number of nitrogens with two attached hydrogens (primary N) is 1. The van der Waals surface area contributed by atoms with Crippen LogP contribution in [0.1, 0.15) is 11.1 Å². The summed E-state index contributed by atoms with van der Waals surface area (Å²) in [4.78, 5) is 13.3. The van der Waals surface area contributed by atoms with Crippen LogP contribution < -0.4 is 16.2 Å². The van der Waals surface area contributed by atoms with E-state index < -0.39 is 0 Å². The van der Waals surface area contributed by atoms with Gasteiger partial charge in [0.1, 0.15) is 0 Å². The molecule has 1 aromatic heterocycles. The zero-order valence-corrected chi connectivity index (χ0v) is 13.5. The molecule has 21 heavy (non-hydrogen) atoms. The molecule has 3 N–H and O–H groups in total. The Morgan fingerprint density at radius 2 is 2.05 bits per heavy atom. The van der Waals surface area contributed by atoms with E-state index >= 15 is 0 Å². The molecule has 0 saturated carbocycles. The fraction of sp³-hybridized carbons (Fsp3) is 0.308. The molecule has 112 valence electrons. The average Bonchev–Trinajstić information content (AvgIpc) is 2.95. The molecule has 1 amide bonds. The second kappa shape index (κ2) is 7.39. The maximum atomic E-state index is 11.4. The molecule has 2 aromatic rings. The number of carbonyl (C=O) groups excluding carboxylic acids is 1. The second-order valence-corrected chi connectivity index (χ2v) is 6.73. The van der Waals surface area contributed by atoms with Crippen LogP contribution in [0.2, 0.25) is 0 Å². The van der Waals surface area contributed by atoms with Gasteiger partial charge < -0.3 is 4.90 Å². The first-order valence-corrected chi connectivity index (χ1v) is 8.10. The molecule has 8 heteroatoms. The lowest BCUT2D eigenvalue weighted by molar-refractivity contribution is -0.120. The van der Waals surface area contributed by atoms with Gasteiger partial charge in [-0.1, -0.05) is 47.4 Å². The summed E-state index contributed by atoms with van der Waals surface area (Å²) in [6, 6.07) is 7.84. The standard InChI is InChI=1S/C13H17N5OS2/c1-18(2)12-16-17-13(21-12)20-8-10-6-4-3-5-9(10)7-11(19)15-14/h3-6H,7-8,14H2,1-2H3,(H,15,19). The Labute approximate surface area is 131 Å². The summed E-state index contributed by atoms with van der Waals surface area (Å²) in [5, 5.41) is 9.14. The van der Waals surface area contributed by atoms with Crippen LogP contribution in [0, 0.1) is 0 Å². The van der Waals surface area contributed by atoms with E-state index in [1.807, 2.05) is 43.3 Å². The van der Waals surface area contributed by atoms with Crippen LogP contribution in [-0.2, 0) is 17.0 Å². The molecule has 0 aliphatic rings. The number of amides is 1. The first kappa shape index (κ1) is 15.7. The molecule has 0 fully saturated rings. The van der Waals surface area contributed by atoms with Gasteiger partial charge in [0.2, 0.25) is 11.0 Å². The van der Waals surface area contributed by atoms with Gasteiger partial charge in [0.25, 0.3) is 0 Å². The number of rotatable bonds is 6. The quantitative estimate of drug-likeness (QED) is 0.362. The van der Waals surface area contributed by atoms with Crippen LogP contribution in [0.5, 0.6) is 0 Å². The third-order valence-corrected chi connectivity index (χ3v) is 5.03. The number of aromatic nitrogens is 2. The number of carbonyl (C=O) groups is 1. The van der Waals surface area contributed by atoms with Crippen LogP contribution in [0.4, 0.5) is 5.13 Å². The lowest BCUT2D eigenvalue weighted by atomic mass is 10.1. The summed E-state index contributed by atoms with van der Waals surface area (Å²) in [6.07, 6.45) is 0.284. The number of hydrogen-bond donors (Lipinski definition) is 2. The highest BCUT2D eigenvalue weighted by Crippen LogP contribution is 2.30. The van der Waals surface area contributed by atoms with Gasteiger partial charge in [-0.05, 0) is 11.1 Å². The highest BCUT2D eigenvalue weighted by atomic mass is 32.2. The lowest BCUT2D eigenvalue weighted by Gasteiger charge is -2.07. The van der Waals surface area contributed by atoms with Crippen molar-refractivity contribution in [1.82, 2.24) is 15.6 Å². The molecule has 0 aliphatic heterocycles. The van der Waals surface area contributed by atoms with E-state index in [1.165, 1.54) is 0 Å². The number of thioether (sulfide) groups is 1. The first-order valence-electron chi connectivity index (χ1n) is 6.30. The van der Waals surface area contributed by atoms with E-state index in [-0.39, 0.29) is 12.3 Å². The third kappa shape index (κ3) is 4.42. The lowest BCUT2D eigenvalue weighted by Crippen LogP contribution is -2.31. The molecule has 0 atom stereocenters. The number of hydrazine groups is 1. The highest BCUT2D eigenvalue weighted by Gasteiger charge is 2.10. The molecule has 2 rings (SSSR count). The van der Waals surface area contributed by atoms with Gasteiger partial charge in [-0.3, -0.25) is 10.2 Å². The fourth-order valence-corrected chi connectivity index (χ4v) is 3.47. The summed E-state index contributed by atoms with van der Waals surface area (Å²) in [5.74, 6) is 5.69. The Morgan fingerprint density at radius 3 is 2.67 bits per heavy atom. The summed E-state index contributed by atoms with van der Waals surface area (Å²) in [6.45, 7) is 0. The Bertz CT molecular complexity index is 614. The minimum absolute atomic E-state index is 0.196. The first-order chi connectivity index (χ1) is 10.1. The Morgan fingerprint density at radius 1 is 1.33 bits per heavy atom. The third-order valence-electron chi connectivity index (χ3n) is 2.76. The van der Waals surface area contributed by atoms with Crippen molar-refractivity contribution in [1.29, 1.82) is 0 Å². The van der Waals surface area contributed by atoms with E-state index in [2.05, 4.69) is 15.6 Å². The van der Waals surface area contributed by atoms with Crippen molar-refractivity contribution < 1.29 is 4.79 Å². The SMILES string of the molecule is CN(C)c1nnc(SCc2ccccc2CC(=O)NN)s1. The number of nitrogens with zero attached hydrogens (tertiary/aromatic N) is 3. The Kier molecular flexibility index (Phi) is 5.54. The molecule has 0 saturated heterocycles. The summed E-state index contributed by atoms with van der Waals surface area (Å²) >= 11 is 3.17. The van der Waals surface area contributed by atoms with Crippen LogP contribution >= 0.6 is 23.1 Å². The molecule has 0 spiro atoms. The zero-order valence-electron chi connectivity index (χ0n) is 11.9. The molecular formula is C13H17N5OS2. The maximum absolute atomic E-state index is 11.4. The summed E-state index contributed by atoms with van der Waals surface area (Å²) in [7, 11) is 3.88. The highest BCUT2D eigenvalue weighted by molar-refractivity contribution is 8.00. The van der Waals surface area contributed by atoms with E-state index in [0.717, 1.165) is 26.4 Å². The molecule has 0 aliphatic carbocycles. The number of hydrogen-bond acceptors (Lipinski definition) is 7. The van der Waals surface area contributed by atoms with Crippen molar-refractivity contribution in [3.63, 3.8) is 0 Å². The normalized spacial score (nSPS) is 10.4. The zero-order chi connectivity index (χ0) is 15.2. The topological polar surface area (TPSA) is 84.1 Å². The average molecular weight is 323 g/mol. The van der Waals surface area contributed by atoms with Gasteiger partial charge in [-0.25, -0.2) is 5.84 Å². The van der Waals surface area contributed by atoms with Crippen molar-refractivity contribution in [2.24, 2.45) is 5.84 Å². The van der Waals surface area contributed by atoms with Gasteiger partial charge >= 0.3 is 0 Å². The van der Waals surface area contributed by atoms with Crippen LogP contribution in [0.15, 0.2) is 28.6 Å². The molecule has 6 nitrogen and oxygen atoms in total. The molecule has 1 heterocycles. The van der Waals surface area contributed by atoms with Crippen molar-refractivity contribution in [2.45, 2.75) is 16.5 Å². The summed E-state index contributed by atoms with van der Waals surface area (Å²) < 4.78 is 0.914. The summed E-state index contributed by atoms with van der Waals surface area (Å²) in [5.41, 5.74) is 4.24. The van der Waals surface area contributed by atoms with Crippen LogP contribution in [0.3, 0.4) is 0 Å². The Balaban J connectivity index is 2.03. The monoisotopic (exact) mass is 323 g/mol. The predicted octanol–water partition coefficient (Wildman–Crippen LogP) is 1.43. The largest absolute Gasteiger partial charge is 0.353 e. The van der Waals surface area contributed by atoms with Gasteiger partial charge in [0.15, 0.2) is 4.34 Å². The van der Waals surface area contributed by atoms with Gasteiger partial charge in [0, 0.05) is 19.8 Å². The number of benzene rings is 1. The second-order valence-electron chi connectivity index (χ2n) is 4.55. The Hall–Kier alpha value is -1.64. The molecule has 0 radical (unpaired) electrons. The minimum Gasteiger partial charge on any atom is -0.353 e. The predicted molar refractivity (Wildman–Crippen MR) is 86.3 cm³/mol. The van der Waals surface area contributed by atoms with E-state index in [0.29, 0.717) is 0 Å². The van der Waals surface area contributed by atoms with E-state index in [4.69, 9.17) is 5.84 Å². The van der Waals surface area contributed by atoms with Gasteiger partial charge in [-0.2, -0.15) is 0 Å².